The van der Waals surface area contributed by atoms with Crippen LogP contribution in [0.1, 0.15) is 38.7 Å². The standard InChI is InChI=1S/C14H19BrN2O2/c1-3-12-8-7-10(2)16(12)9-11-5-4-6-13(14(11)15)17(18)19/h4-6,10,12H,3,7-9H2,1-2H3. The van der Waals surface area contributed by atoms with Crippen molar-refractivity contribution in [2.45, 2.75) is 51.7 Å². The molecule has 4 nitrogen and oxygen atoms in total. The second-order valence-corrected chi connectivity index (χ2v) is 5.96. The van der Waals surface area contributed by atoms with Crippen molar-refractivity contribution in [3.05, 3.63) is 38.3 Å². The number of nitro benzene ring substituents is 1. The summed E-state index contributed by atoms with van der Waals surface area (Å²) in [5, 5.41) is 11.0. The fourth-order valence-corrected chi connectivity index (χ4v) is 3.41. The minimum absolute atomic E-state index is 0.150. The van der Waals surface area contributed by atoms with Gasteiger partial charge in [-0.05, 0) is 47.7 Å². The highest BCUT2D eigenvalue weighted by Gasteiger charge is 2.30. The van der Waals surface area contributed by atoms with E-state index in [-0.39, 0.29) is 10.6 Å². The predicted molar refractivity (Wildman–Crippen MR) is 79.1 cm³/mol. The van der Waals surface area contributed by atoms with Gasteiger partial charge in [0.05, 0.1) is 9.40 Å². The van der Waals surface area contributed by atoms with Gasteiger partial charge in [0, 0.05) is 24.7 Å². The summed E-state index contributed by atoms with van der Waals surface area (Å²) in [7, 11) is 0. The first kappa shape index (κ1) is 14.5. The zero-order valence-electron chi connectivity index (χ0n) is 11.3. The Morgan fingerprint density at radius 3 is 2.84 bits per heavy atom. The molecular formula is C14H19BrN2O2. The van der Waals surface area contributed by atoms with E-state index >= 15 is 0 Å². The van der Waals surface area contributed by atoms with Gasteiger partial charge >= 0.3 is 0 Å². The number of hydrogen-bond donors (Lipinski definition) is 0. The SMILES string of the molecule is CCC1CCC(C)N1Cc1cccc([N+](=O)[O-])c1Br. The Morgan fingerprint density at radius 1 is 1.47 bits per heavy atom. The van der Waals surface area contributed by atoms with Crippen LogP contribution >= 0.6 is 15.9 Å². The summed E-state index contributed by atoms with van der Waals surface area (Å²) in [4.78, 5) is 13.1. The molecule has 5 heteroatoms. The van der Waals surface area contributed by atoms with Crippen LogP contribution < -0.4 is 0 Å². The summed E-state index contributed by atoms with van der Waals surface area (Å²) in [5.74, 6) is 0. The van der Waals surface area contributed by atoms with E-state index in [1.807, 2.05) is 6.07 Å². The van der Waals surface area contributed by atoms with Gasteiger partial charge in [-0.2, -0.15) is 0 Å². The molecule has 104 valence electrons. The van der Waals surface area contributed by atoms with E-state index in [9.17, 15) is 10.1 Å². The van der Waals surface area contributed by atoms with E-state index in [0.717, 1.165) is 18.5 Å². The lowest BCUT2D eigenvalue weighted by Gasteiger charge is -2.28. The van der Waals surface area contributed by atoms with E-state index < -0.39 is 0 Å². The molecule has 2 unspecified atom stereocenters. The monoisotopic (exact) mass is 326 g/mol. The van der Waals surface area contributed by atoms with Crippen molar-refractivity contribution in [1.29, 1.82) is 0 Å². The second-order valence-electron chi connectivity index (χ2n) is 5.17. The fourth-order valence-electron chi connectivity index (χ4n) is 2.87. The van der Waals surface area contributed by atoms with Crippen LogP contribution in [0.25, 0.3) is 0 Å². The molecule has 0 bridgehead atoms. The van der Waals surface area contributed by atoms with Gasteiger partial charge in [-0.25, -0.2) is 0 Å². The van der Waals surface area contributed by atoms with Crippen LogP contribution in [0.2, 0.25) is 0 Å². The molecule has 0 saturated carbocycles. The summed E-state index contributed by atoms with van der Waals surface area (Å²) >= 11 is 3.38. The number of nitrogens with zero attached hydrogens (tertiary/aromatic N) is 2. The van der Waals surface area contributed by atoms with E-state index in [0.29, 0.717) is 16.6 Å². The smallest absolute Gasteiger partial charge is 0.283 e. The van der Waals surface area contributed by atoms with Crippen LogP contribution in [0.15, 0.2) is 22.7 Å². The molecule has 0 aliphatic carbocycles. The van der Waals surface area contributed by atoms with Gasteiger partial charge in [-0.1, -0.05) is 19.1 Å². The third-order valence-corrected chi connectivity index (χ3v) is 4.95. The van der Waals surface area contributed by atoms with Crippen LogP contribution in [-0.4, -0.2) is 21.9 Å². The number of nitro groups is 1. The predicted octanol–water partition coefficient (Wildman–Crippen LogP) is 4.12. The first-order chi connectivity index (χ1) is 9.04. The average Bonchev–Trinajstić information content (AvgIpc) is 2.72. The van der Waals surface area contributed by atoms with Gasteiger partial charge in [-0.15, -0.1) is 0 Å². The van der Waals surface area contributed by atoms with Crippen molar-refractivity contribution in [3.63, 3.8) is 0 Å². The van der Waals surface area contributed by atoms with Crippen molar-refractivity contribution < 1.29 is 4.92 Å². The highest BCUT2D eigenvalue weighted by atomic mass is 79.9. The van der Waals surface area contributed by atoms with E-state index in [2.05, 4.69) is 34.7 Å². The third-order valence-electron chi connectivity index (χ3n) is 4.03. The molecule has 1 fully saturated rings. The maximum Gasteiger partial charge on any atom is 0.283 e. The van der Waals surface area contributed by atoms with Gasteiger partial charge in [-0.3, -0.25) is 15.0 Å². The summed E-state index contributed by atoms with van der Waals surface area (Å²) in [6, 6.07) is 6.42. The lowest BCUT2D eigenvalue weighted by atomic mass is 10.1. The molecule has 1 aromatic carbocycles. The molecule has 0 radical (unpaired) electrons. The maximum absolute atomic E-state index is 11.0. The van der Waals surface area contributed by atoms with E-state index in [1.165, 1.54) is 18.9 Å². The quantitative estimate of drug-likeness (QED) is 0.617. The molecule has 0 amide bonds. The first-order valence-corrected chi connectivity index (χ1v) is 7.51. The van der Waals surface area contributed by atoms with Crippen LogP contribution in [0.4, 0.5) is 5.69 Å². The molecule has 2 atom stereocenters. The zero-order chi connectivity index (χ0) is 14.0. The molecular weight excluding hydrogens is 308 g/mol. The Balaban J connectivity index is 2.23. The average molecular weight is 327 g/mol. The largest absolute Gasteiger partial charge is 0.293 e. The van der Waals surface area contributed by atoms with Gasteiger partial charge in [0.2, 0.25) is 0 Å². The minimum atomic E-state index is -0.335. The van der Waals surface area contributed by atoms with Crippen molar-refractivity contribution in [2.24, 2.45) is 0 Å². The lowest BCUT2D eigenvalue weighted by Crippen LogP contribution is -2.33. The molecule has 1 aromatic rings. The number of hydrogen-bond acceptors (Lipinski definition) is 3. The number of halogens is 1. The Morgan fingerprint density at radius 2 is 2.21 bits per heavy atom. The molecule has 0 spiro atoms. The summed E-state index contributed by atoms with van der Waals surface area (Å²) in [6.07, 6.45) is 3.58. The van der Waals surface area contributed by atoms with Gasteiger partial charge < -0.3 is 0 Å². The molecule has 1 saturated heterocycles. The van der Waals surface area contributed by atoms with Gasteiger partial charge in [0.25, 0.3) is 5.69 Å². The lowest BCUT2D eigenvalue weighted by molar-refractivity contribution is -0.385. The summed E-state index contributed by atoms with van der Waals surface area (Å²) < 4.78 is 0.619. The third kappa shape index (κ3) is 2.98. The van der Waals surface area contributed by atoms with Crippen molar-refractivity contribution in [1.82, 2.24) is 4.90 Å². The highest BCUT2D eigenvalue weighted by Crippen LogP contribution is 2.33. The van der Waals surface area contributed by atoms with Crippen LogP contribution in [0.3, 0.4) is 0 Å². The van der Waals surface area contributed by atoms with Crippen molar-refractivity contribution in [2.75, 3.05) is 0 Å². The van der Waals surface area contributed by atoms with Crippen molar-refractivity contribution in [3.8, 4) is 0 Å². The number of likely N-dealkylation sites (tertiary alicyclic amines) is 1. The topological polar surface area (TPSA) is 46.4 Å². The Bertz CT molecular complexity index is 479. The Hall–Kier alpha value is -0.940. The Labute approximate surface area is 122 Å². The van der Waals surface area contributed by atoms with Crippen LogP contribution in [0, 0.1) is 10.1 Å². The van der Waals surface area contributed by atoms with Crippen LogP contribution in [0.5, 0.6) is 0 Å². The molecule has 0 N–H and O–H groups in total. The minimum Gasteiger partial charge on any atom is -0.293 e. The molecule has 2 rings (SSSR count). The van der Waals surface area contributed by atoms with Gasteiger partial charge in [0.1, 0.15) is 0 Å². The number of rotatable bonds is 4. The van der Waals surface area contributed by atoms with Crippen molar-refractivity contribution >= 4 is 21.6 Å². The second kappa shape index (κ2) is 6.01. The molecule has 0 aromatic heterocycles. The highest BCUT2D eigenvalue weighted by molar-refractivity contribution is 9.10. The Kier molecular flexibility index (Phi) is 4.58. The van der Waals surface area contributed by atoms with E-state index in [4.69, 9.17) is 0 Å². The molecule has 1 heterocycles. The maximum atomic E-state index is 11.0. The molecule has 1 aliphatic heterocycles. The molecule has 19 heavy (non-hydrogen) atoms. The normalized spacial score (nSPS) is 23.7. The first-order valence-electron chi connectivity index (χ1n) is 6.72. The van der Waals surface area contributed by atoms with Crippen LogP contribution in [-0.2, 0) is 6.54 Å². The zero-order valence-corrected chi connectivity index (χ0v) is 12.9. The van der Waals surface area contributed by atoms with E-state index in [1.54, 1.807) is 6.07 Å². The summed E-state index contributed by atoms with van der Waals surface area (Å²) in [5.41, 5.74) is 1.15. The fraction of sp³-hybridized carbons (Fsp3) is 0.571. The summed E-state index contributed by atoms with van der Waals surface area (Å²) in [6.45, 7) is 5.22. The van der Waals surface area contributed by atoms with Gasteiger partial charge in [0.15, 0.2) is 0 Å². The number of benzene rings is 1. The molecule has 1 aliphatic rings.